The lowest BCUT2D eigenvalue weighted by molar-refractivity contribution is -0.118. The third kappa shape index (κ3) is 12.4. The lowest BCUT2D eigenvalue weighted by Crippen LogP contribution is -2.30. The van der Waals surface area contributed by atoms with Crippen molar-refractivity contribution < 1.29 is 9.59 Å². The van der Waals surface area contributed by atoms with Crippen LogP contribution in [0.3, 0.4) is 0 Å². The Morgan fingerprint density at radius 3 is 2.32 bits per heavy atom. The first-order valence-electron chi connectivity index (χ1n) is 14.8. The number of aromatic amines is 1. The lowest BCUT2D eigenvalue weighted by atomic mass is 9.94. The number of likely N-dealkylation sites (tertiary alicyclic amines) is 1. The van der Waals surface area contributed by atoms with Gasteiger partial charge in [-0.3, -0.25) is 9.78 Å². The molecular weight excluding hydrogens is 510 g/mol. The van der Waals surface area contributed by atoms with Crippen LogP contribution in [0.25, 0.3) is 22.2 Å². The van der Waals surface area contributed by atoms with Crippen molar-refractivity contribution in [2.24, 2.45) is 11.1 Å². The number of benzene rings is 1. The van der Waals surface area contributed by atoms with Crippen molar-refractivity contribution in [2.45, 2.75) is 84.5 Å². The molecule has 1 saturated heterocycles. The Balaban J connectivity index is 0.000000462. The summed E-state index contributed by atoms with van der Waals surface area (Å²) in [6.07, 6.45) is 22.7. The Labute approximate surface area is 247 Å². The number of nitrogens with one attached hydrogen (secondary N) is 1. The smallest absolute Gasteiger partial charge is 0.132 e. The standard InChI is InChI=1S/C22H27N3O.C8H15N.C2H2.CH5N.CH2O/c1-3-19(26)8-6-4-5-7-9-22-23-15-21(25-22)18-12-13-20-17(14-18)11-10-16(2)24-20;1-9-6-4-8(2-3-8)5-7-9;3*1-2/h10-15H,3-9H2,1-2H3,(H,23,25);2-7H2,1H3;1-2H;2H2,1H3;1H2. The Bertz CT molecular complexity index is 1170. The topological polar surface area (TPSA) is 105 Å². The summed E-state index contributed by atoms with van der Waals surface area (Å²) in [5.41, 5.74) is 9.62. The number of fused-ring (bicyclic) bond motifs is 1. The van der Waals surface area contributed by atoms with E-state index in [-0.39, 0.29) is 0 Å². The van der Waals surface area contributed by atoms with Crippen molar-refractivity contribution in [1.82, 2.24) is 19.9 Å². The maximum Gasteiger partial charge on any atom is 0.132 e. The number of H-pyrrole nitrogens is 1. The van der Waals surface area contributed by atoms with Crippen LogP contribution in [0.4, 0.5) is 0 Å². The molecule has 1 aliphatic carbocycles. The number of ketones is 1. The zero-order valence-corrected chi connectivity index (χ0v) is 25.8. The van der Waals surface area contributed by atoms with Gasteiger partial charge in [0.25, 0.3) is 0 Å². The molecule has 0 radical (unpaired) electrons. The quantitative estimate of drug-likeness (QED) is 0.227. The largest absolute Gasteiger partial charge is 0.342 e. The number of imidazole rings is 1. The first kappa shape index (κ1) is 35.7. The molecule has 7 heteroatoms. The molecule has 3 heterocycles. The molecule has 0 bridgehead atoms. The number of hydrogen-bond acceptors (Lipinski definition) is 6. The van der Waals surface area contributed by atoms with E-state index in [1.165, 1.54) is 45.8 Å². The van der Waals surface area contributed by atoms with Gasteiger partial charge >= 0.3 is 0 Å². The number of unbranched alkanes of at least 4 members (excludes halogenated alkanes) is 3. The van der Waals surface area contributed by atoms with Crippen LogP contribution in [0.15, 0.2) is 36.5 Å². The van der Waals surface area contributed by atoms with E-state index in [1.807, 2.05) is 32.9 Å². The summed E-state index contributed by atoms with van der Waals surface area (Å²) < 4.78 is 0. The average Bonchev–Trinajstić information content (AvgIpc) is 3.62. The molecule has 1 spiro atoms. The van der Waals surface area contributed by atoms with E-state index in [4.69, 9.17) is 4.79 Å². The van der Waals surface area contributed by atoms with Crippen molar-refractivity contribution in [3.63, 3.8) is 0 Å². The zero-order valence-electron chi connectivity index (χ0n) is 25.8. The number of terminal acetylenes is 1. The van der Waals surface area contributed by atoms with Gasteiger partial charge in [0.1, 0.15) is 18.4 Å². The summed E-state index contributed by atoms with van der Waals surface area (Å²) in [6, 6.07) is 10.5. The van der Waals surface area contributed by atoms with Crippen LogP contribution in [-0.2, 0) is 16.0 Å². The fraction of sp³-hybridized carbons (Fsp3) is 0.529. The fourth-order valence-electron chi connectivity index (χ4n) is 4.95. The number of pyridine rings is 1. The van der Waals surface area contributed by atoms with E-state index in [2.05, 4.69) is 69.7 Å². The van der Waals surface area contributed by atoms with Crippen LogP contribution in [-0.4, -0.2) is 59.6 Å². The predicted molar refractivity (Wildman–Crippen MR) is 172 cm³/mol. The van der Waals surface area contributed by atoms with Gasteiger partial charge < -0.3 is 20.4 Å². The number of aromatic nitrogens is 3. The highest BCUT2D eigenvalue weighted by Gasteiger charge is 2.43. The van der Waals surface area contributed by atoms with Gasteiger partial charge in [-0.25, -0.2) is 4.98 Å². The molecule has 1 aliphatic heterocycles. The normalized spacial score (nSPS) is 14.6. The first-order chi connectivity index (χ1) is 20.0. The van der Waals surface area contributed by atoms with E-state index >= 15 is 0 Å². The third-order valence-electron chi connectivity index (χ3n) is 7.79. The summed E-state index contributed by atoms with van der Waals surface area (Å²) in [7, 11) is 3.73. The molecule has 3 aromatic rings. The Kier molecular flexibility index (Phi) is 17.1. The van der Waals surface area contributed by atoms with Crippen LogP contribution in [0, 0.1) is 25.2 Å². The van der Waals surface area contributed by atoms with Crippen LogP contribution in [0.5, 0.6) is 0 Å². The Hall–Kier alpha value is -3.34. The highest BCUT2D eigenvalue weighted by Crippen LogP contribution is 2.53. The molecule has 1 aromatic carbocycles. The molecule has 2 aliphatic rings. The van der Waals surface area contributed by atoms with E-state index < -0.39 is 0 Å². The number of nitrogens with two attached hydrogens (primary N) is 1. The lowest BCUT2D eigenvalue weighted by Gasteiger charge is -2.28. The minimum Gasteiger partial charge on any atom is -0.342 e. The summed E-state index contributed by atoms with van der Waals surface area (Å²) >= 11 is 0. The molecule has 3 N–H and O–H groups in total. The maximum atomic E-state index is 11.3. The number of carbonyl (C=O) groups excluding carboxylic acids is 2. The highest BCUT2D eigenvalue weighted by atomic mass is 16.1. The minimum atomic E-state index is 0.376. The van der Waals surface area contributed by atoms with Gasteiger partial charge in [-0.2, -0.15) is 0 Å². The molecule has 0 atom stereocenters. The Morgan fingerprint density at radius 2 is 1.68 bits per heavy atom. The molecule has 0 unspecified atom stereocenters. The van der Waals surface area contributed by atoms with Gasteiger partial charge in [0, 0.05) is 35.9 Å². The van der Waals surface area contributed by atoms with E-state index in [9.17, 15) is 4.79 Å². The van der Waals surface area contributed by atoms with Crippen LogP contribution in [0.1, 0.15) is 82.7 Å². The van der Waals surface area contributed by atoms with Crippen molar-refractivity contribution >= 4 is 23.5 Å². The zero-order chi connectivity index (χ0) is 30.7. The molecule has 5 rings (SSSR count). The van der Waals surface area contributed by atoms with Crippen LogP contribution >= 0.6 is 0 Å². The van der Waals surface area contributed by atoms with Crippen molar-refractivity contribution in [3.8, 4) is 24.1 Å². The third-order valence-corrected chi connectivity index (χ3v) is 7.79. The summed E-state index contributed by atoms with van der Waals surface area (Å²) in [5.74, 6) is 1.41. The highest BCUT2D eigenvalue weighted by molar-refractivity contribution is 5.83. The van der Waals surface area contributed by atoms with Crippen LogP contribution < -0.4 is 5.73 Å². The molecule has 0 amide bonds. The van der Waals surface area contributed by atoms with Gasteiger partial charge in [0.2, 0.25) is 0 Å². The molecule has 7 nitrogen and oxygen atoms in total. The minimum absolute atomic E-state index is 0.376. The first-order valence-corrected chi connectivity index (χ1v) is 14.8. The monoisotopic (exact) mass is 561 g/mol. The number of hydrogen-bond donors (Lipinski definition) is 2. The number of piperidine rings is 1. The molecule has 2 fully saturated rings. The summed E-state index contributed by atoms with van der Waals surface area (Å²) in [5, 5.41) is 1.14. The summed E-state index contributed by atoms with van der Waals surface area (Å²) in [6.45, 7) is 8.64. The number of nitrogens with zero attached hydrogens (tertiary/aromatic N) is 3. The predicted octanol–water partition coefficient (Wildman–Crippen LogP) is 6.54. The van der Waals surface area contributed by atoms with Crippen molar-refractivity contribution in [1.29, 1.82) is 0 Å². The average molecular weight is 562 g/mol. The second kappa shape index (κ2) is 19.7. The molecule has 224 valence electrons. The van der Waals surface area contributed by atoms with E-state index in [1.54, 1.807) is 0 Å². The Morgan fingerprint density at radius 1 is 1.02 bits per heavy atom. The molecule has 41 heavy (non-hydrogen) atoms. The van der Waals surface area contributed by atoms with Gasteiger partial charge in [-0.15, -0.1) is 12.8 Å². The van der Waals surface area contributed by atoms with Gasteiger partial charge in [0.15, 0.2) is 0 Å². The molecule has 1 saturated carbocycles. The van der Waals surface area contributed by atoms with Crippen LogP contribution in [0.2, 0.25) is 0 Å². The second-order valence-electron chi connectivity index (χ2n) is 10.7. The number of rotatable bonds is 9. The number of Topliss-reactive ketones (excluding diaryl/α,β-unsaturated/α-hetero) is 1. The van der Waals surface area contributed by atoms with Gasteiger partial charge in [-0.05, 0) is 96.2 Å². The van der Waals surface area contributed by atoms with Crippen molar-refractivity contribution in [3.05, 3.63) is 48.0 Å². The fourth-order valence-corrected chi connectivity index (χ4v) is 4.95. The number of carbonyl (C=O) groups is 2. The second-order valence-corrected chi connectivity index (χ2v) is 10.7. The molecule has 2 aromatic heterocycles. The number of aryl methyl sites for hydroxylation is 2. The maximum absolute atomic E-state index is 11.3. The molecular formula is C34H51N5O2. The van der Waals surface area contributed by atoms with Crippen molar-refractivity contribution in [2.75, 3.05) is 27.2 Å². The SMILES string of the molecule is C#C.C=O.CCC(=O)CCCCCCc1ncc(-c2ccc3nc(C)ccc3c2)[nH]1.CN.CN1CCC2(CC1)CC2. The van der Waals surface area contributed by atoms with E-state index in [0.717, 1.165) is 77.6 Å². The van der Waals surface area contributed by atoms with Gasteiger partial charge in [-0.1, -0.05) is 31.9 Å². The van der Waals surface area contributed by atoms with E-state index in [0.29, 0.717) is 12.2 Å². The summed E-state index contributed by atoms with van der Waals surface area (Å²) in [4.78, 5) is 34.2. The van der Waals surface area contributed by atoms with Gasteiger partial charge in [0.05, 0.1) is 17.4 Å².